The van der Waals surface area contributed by atoms with E-state index in [0.717, 1.165) is 18.7 Å². The van der Waals surface area contributed by atoms with Gasteiger partial charge < -0.3 is 5.32 Å². The van der Waals surface area contributed by atoms with Crippen molar-refractivity contribution in [1.82, 2.24) is 10.3 Å². The van der Waals surface area contributed by atoms with Crippen LogP contribution in [0.1, 0.15) is 30.6 Å². The summed E-state index contributed by atoms with van der Waals surface area (Å²) in [4.78, 5) is 4.34. The lowest BCUT2D eigenvalue weighted by Crippen LogP contribution is -2.25. The topological polar surface area (TPSA) is 24.9 Å². The van der Waals surface area contributed by atoms with Gasteiger partial charge in [-0.3, -0.25) is 4.98 Å². The van der Waals surface area contributed by atoms with Crippen molar-refractivity contribution < 1.29 is 4.39 Å². The van der Waals surface area contributed by atoms with Crippen molar-refractivity contribution >= 4 is 11.6 Å². The molecule has 0 radical (unpaired) electrons. The van der Waals surface area contributed by atoms with Crippen molar-refractivity contribution in [3.63, 3.8) is 0 Å². The maximum atomic E-state index is 13.8. The van der Waals surface area contributed by atoms with Gasteiger partial charge in [-0.2, -0.15) is 0 Å². The summed E-state index contributed by atoms with van der Waals surface area (Å²) >= 11 is 5.86. The van der Waals surface area contributed by atoms with Gasteiger partial charge in [-0.15, -0.1) is 0 Å². The van der Waals surface area contributed by atoms with E-state index in [1.54, 1.807) is 12.3 Å². The molecule has 0 spiro atoms. The Balaban J connectivity index is 2.19. The standard InChI is InChI=1S/C16H18ClFN2/c1-2-9-19-16(15-8-7-13(17)11-20-15)10-12-5-3-4-6-14(12)18/h3-8,11,16,19H,2,9-10H2,1H3. The average Bonchev–Trinajstić information content (AvgIpc) is 2.46. The van der Waals surface area contributed by atoms with Crippen LogP contribution >= 0.6 is 11.6 Å². The Bertz CT molecular complexity index is 542. The predicted molar refractivity (Wildman–Crippen MR) is 80.4 cm³/mol. The Kier molecular flexibility index (Phi) is 5.50. The lowest BCUT2D eigenvalue weighted by Gasteiger charge is -2.18. The van der Waals surface area contributed by atoms with Crippen LogP contribution in [-0.4, -0.2) is 11.5 Å². The van der Waals surface area contributed by atoms with Gasteiger partial charge in [0.15, 0.2) is 0 Å². The summed E-state index contributed by atoms with van der Waals surface area (Å²) < 4.78 is 13.8. The zero-order valence-corrected chi connectivity index (χ0v) is 12.2. The van der Waals surface area contributed by atoms with Crippen LogP contribution in [0.2, 0.25) is 5.02 Å². The molecule has 0 aliphatic heterocycles. The summed E-state index contributed by atoms with van der Waals surface area (Å²) in [7, 11) is 0. The minimum atomic E-state index is -0.176. The van der Waals surface area contributed by atoms with E-state index in [0.29, 0.717) is 17.0 Å². The summed E-state index contributed by atoms with van der Waals surface area (Å²) in [6.45, 7) is 2.96. The number of aromatic nitrogens is 1. The van der Waals surface area contributed by atoms with Crippen LogP contribution < -0.4 is 5.32 Å². The highest BCUT2D eigenvalue weighted by atomic mass is 35.5. The first kappa shape index (κ1) is 14.9. The first-order valence-corrected chi connectivity index (χ1v) is 7.16. The molecule has 1 aromatic heterocycles. The fourth-order valence-corrected chi connectivity index (χ4v) is 2.19. The number of rotatable bonds is 6. The van der Waals surface area contributed by atoms with Crippen LogP contribution in [0.5, 0.6) is 0 Å². The molecule has 0 saturated carbocycles. The molecule has 0 fully saturated rings. The normalized spacial score (nSPS) is 12.3. The zero-order chi connectivity index (χ0) is 14.4. The van der Waals surface area contributed by atoms with E-state index >= 15 is 0 Å². The summed E-state index contributed by atoms with van der Waals surface area (Å²) in [5.41, 5.74) is 1.57. The van der Waals surface area contributed by atoms with Gasteiger partial charge in [0, 0.05) is 6.20 Å². The van der Waals surface area contributed by atoms with Crippen LogP contribution in [0, 0.1) is 5.82 Å². The quantitative estimate of drug-likeness (QED) is 0.865. The van der Waals surface area contributed by atoms with Gasteiger partial charge in [0.25, 0.3) is 0 Å². The van der Waals surface area contributed by atoms with Crippen LogP contribution in [0.15, 0.2) is 42.6 Å². The number of hydrogen-bond donors (Lipinski definition) is 1. The highest BCUT2D eigenvalue weighted by molar-refractivity contribution is 6.30. The lowest BCUT2D eigenvalue weighted by molar-refractivity contribution is 0.503. The van der Waals surface area contributed by atoms with Crippen molar-refractivity contribution in [1.29, 1.82) is 0 Å². The van der Waals surface area contributed by atoms with Gasteiger partial charge in [0.05, 0.1) is 16.8 Å². The smallest absolute Gasteiger partial charge is 0.126 e. The van der Waals surface area contributed by atoms with Crippen molar-refractivity contribution in [3.8, 4) is 0 Å². The van der Waals surface area contributed by atoms with Crippen LogP contribution in [0.3, 0.4) is 0 Å². The Morgan fingerprint density at radius 1 is 1.25 bits per heavy atom. The van der Waals surface area contributed by atoms with Gasteiger partial charge in [-0.25, -0.2) is 4.39 Å². The van der Waals surface area contributed by atoms with E-state index in [-0.39, 0.29) is 11.9 Å². The maximum absolute atomic E-state index is 13.8. The van der Waals surface area contributed by atoms with Gasteiger partial charge in [0.2, 0.25) is 0 Å². The number of nitrogens with zero attached hydrogens (tertiary/aromatic N) is 1. The fraction of sp³-hybridized carbons (Fsp3) is 0.312. The molecular weight excluding hydrogens is 275 g/mol. The molecule has 106 valence electrons. The van der Waals surface area contributed by atoms with Crippen molar-refractivity contribution in [2.45, 2.75) is 25.8 Å². The van der Waals surface area contributed by atoms with Crippen LogP contribution in [-0.2, 0) is 6.42 Å². The highest BCUT2D eigenvalue weighted by Crippen LogP contribution is 2.20. The van der Waals surface area contributed by atoms with E-state index < -0.39 is 0 Å². The molecule has 20 heavy (non-hydrogen) atoms. The van der Waals surface area contributed by atoms with Crippen LogP contribution in [0.4, 0.5) is 4.39 Å². The third-order valence-electron chi connectivity index (χ3n) is 3.13. The number of hydrogen-bond acceptors (Lipinski definition) is 2. The molecule has 0 aliphatic carbocycles. The minimum Gasteiger partial charge on any atom is -0.308 e. The second-order valence-electron chi connectivity index (χ2n) is 4.70. The van der Waals surface area contributed by atoms with Gasteiger partial charge >= 0.3 is 0 Å². The Morgan fingerprint density at radius 3 is 2.70 bits per heavy atom. The lowest BCUT2D eigenvalue weighted by atomic mass is 10.0. The first-order chi connectivity index (χ1) is 9.70. The van der Waals surface area contributed by atoms with Crippen molar-refractivity contribution in [3.05, 3.63) is 64.7 Å². The molecule has 1 N–H and O–H groups in total. The molecular formula is C16H18ClFN2. The molecule has 1 unspecified atom stereocenters. The summed E-state index contributed by atoms with van der Waals surface area (Å²) in [6, 6.07) is 10.5. The SMILES string of the molecule is CCCNC(Cc1ccccc1F)c1ccc(Cl)cn1. The number of nitrogens with one attached hydrogen (secondary N) is 1. The molecule has 1 aromatic carbocycles. The molecule has 0 bridgehead atoms. The molecule has 2 rings (SSSR count). The summed E-state index contributed by atoms with van der Waals surface area (Å²) in [5, 5.41) is 4.01. The fourth-order valence-electron chi connectivity index (χ4n) is 2.08. The molecule has 1 heterocycles. The largest absolute Gasteiger partial charge is 0.308 e. The Morgan fingerprint density at radius 2 is 2.05 bits per heavy atom. The Labute approximate surface area is 124 Å². The van der Waals surface area contributed by atoms with E-state index in [1.165, 1.54) is 6.07 Å². The number of pyridine rings is 1. The average molecular weight is 293 g/mol. The first-order valence-electron chi connectivity index (χ1n) is 6.79. The monoisotopic (exact) mass is 292 g/mol. The second kappa shape index (κ2) is 7.36. The molecule has 1 atom stereocenters. The predicted octanol–water partition coefficient (Wildman–Crippen LogP) is 4.16. The van der Waals surface area contributed by atoms with Gasteiger partial charge in [-0.05, 0) is 43.1 Å². The van der Waals surface area contributed by atoms with Gasteiger partial charge in [-0.1, -0.05) is 36.7 Å². The van der Waals surface area contributed by atoms with Gasteiger partial charge in [0.1, 0.15) is 5.82 Å². The molecule has 2 nitrogen and oxygen atoms in total. The minimum absolute atomic E-state index is 0.0101. The van der Waals surface area contributed by atoms with E-state index in [2.05, 4.69) is 17.2 Å². The third kappa shape index (κ3) is 4.02. The van der Waals surface area contributed by atoms with E-state index in [1.807, 2.05) is 24.3 Å². The summed E-state index contributed by atoms with van der Waals surface area (Å²) in [6.07, 6.45) is 3.21. The Hall–Kier alpha value is -1.45. The summed E-state index contributed by atoms with van der Waals surface area (Å²) in [5.74, 6) is -0.176. The number of halogens is 2. The third-order valence-corrected chi connectivity index (χ3v) is 3.35. The zero-order valence-electron chi connectivity index (χ0n) is 11.4. The molecule has 2 aromatic rings. The molecule has 0 saturated heterocycles. The van der Waals surface area contributed by atoms with Crippen molar-refractivity contribution in [2.24, 2.45) is 0 Å². The van der Waals surface area contributed by atoms with Crippen LogP contribution in [0.25, 0.3) is 0 Å². The highest BCUT2D eigenvalue weighted by Gasteiger charge is 2.14. The van der Waals surface area contributed by atoms with E-state index in [4.69, 9.17) is 11.6 Å². The number of benzene rings is 1. The van der Waals surface area contributed by atoms with Crippen molar-refractivity contribution in [2.75, 3.05) is 6.54 Å². The second-order valence-corrected chi connectivity index (χ2v) is 5.14. The molecule has 0 aliphatic rings. The van der Waals surface area contributed by atoms with E-state index in [9.17, 15) is 4.39 Å². The molecule has 0 amide bonds. The molecule has 4 heteroatoms. The maximum Gasteiger partial charge on any atom is 0.126 e.